The van der Waals surface area contributed by atoms with Gasteiger partial charge in [0.2, 0.25) is 0 Å². The molecule has 0 aromatic rings. The van der Waals surface area contributed by atoms with Crippen molar-refractivity contribution in [3.8, 4) is 0 Å². The van der Waals surface area contributed by atoms with Gasteiger partial charge in [0.25, 0.3) is 0 Å². The Labute approximate surface area is 136 Å². The summed E-state index contributed by atoms with van der Waals surface area (Å²) in [4.78, 5) is 0. The van der Waals surface area contributed by atoms with Crippen LogP contribution in [0.5, 0.6) is 0 Å². The van der Waals surface area contributed by atoms with Crippen molar-refractivity contribution in [3.63, 3.8) is 0 Å². The normalized spacial score (nSPS) is 6.79. The number of hydrogen-bond acceptors (Lipinski definition) is 5. The second-order valence-electron chi connectivity index (χ2n) is 1.70. The summed E-state index contributed by atoms with van der Waals surface area (Å²) in [5.74, 6) is 0. The van der Waals surface area contributed by atoms with Crippen LogP contribution in [-0.4, -0.2) is 29.6 Å². The van der Waals surface area contributed by atoms with Crippen molar-refractivity contribution in [2.75, 3.05) is 0 Å². The molecular formula is C4H12N2Na2O4S2. The first-order valence-electron chi connectivity index (χ1n) is 2.69. The first kappa shape index (κ1) is 29.6. The minimum absolute atomic E-state index is 0. The Bertz CT molecular complexity index is 116. The van der Waals surface area contributed by atoms with Crippen molar-refractivity contribution in [2.45, 2.75) is 20.0 Å². The molecule has 76 valence electrons. The van der Waals surface area contributed by atoms with Crippen LogP contribution in [0.4, 0.5) is 0 Å². The van der Waals surface area contributed by atoms with Crippen LogP contribution in [0.3, 0.4) is 0 Å². The Hall–Kier alpha value is 1.72. The first-order chi connectivity index (χ1) is 5.20. The third-order valence-electron chi connectivity index (χ3n) is 0. The van der Waals surface area contributed by atoms with Crippen molar-refractivity contribution in [1.29, 1.82) is 0 Å². The quantitative estimate of drug-likeness (QED) is 0.224. The number of aliphatic hydroxyl groups is 1. The Kier molecular flexibility index (Phi) is 51.0. The Balaban J connectivity index is -0.0000000270. The van der Waals surface area contributed by atoms with E-state index in [1.165, 1.54) is 0 Å². The van der Waals surface area contributed by atoms with Gasteiger partial charge < -0.3 is 25.7 Å². The van der Waals surface area contributed by atoms with E-state index in [-0.39, 0.29) is 70.3 Å². The van der Waals surface area contributed by atoms with E-state index in [1.54, 1.807) is 13.8 Å². The van der Waals surface area contributed by atoms with Gasteiger partial charge in [0.1, 0.15) is 0 Å². The summed E-state index contributed by atoms with van der Waals surface area (Å²) in [6, 6.07) is 0. The van der Waals surface area contributed by atoms with Crippen molar-refractivity contribution in [1.82, 2.24) is 0 Å². The van der Waals surface area contributed by atoms with E-state index in [0.717, 1.165) is 0 Å². The molecule has 0 saturated heterocycles. The molecule has 0 amide bonds. The molecule has 0 fully saturated rings. The van der Waals surface area contributed by atoms with Crippen LogP contribution in [0.25, 0.3) is 0 Å². The van der Waals surface area contributed by atoms with E-state index >= 15 is 0 Å². The molecule has 0 atom stereocenters. The Morgan fingerprint density at radius 3 is 1.36 bits per heavy atom. The number of hydrogen-bond donors (Lipinski definition) is 3. The van der Waals surface area contributed by atoms with Crippen LogP contribution >= 0.6 is 12.2 Å². The molecule has 0 aliphatic carbocycles. The molecule has 0 aromatic heterocycles. The molecular weight excluding hydrogens is 250 g/mol. The third kappa shape index (κ3) is 750. The van der Waals surface area contributed by atoms with Gasteiger partial charge in [0.05, 0.1) is 0 Å². The van der Waals surface area contributed by atoms with Crippen LogP contribution < -0.4 is 70.6 Å². The average molecular weight is 262 g/mol. The van der Waals surface area contributed by atoms with Crippen LogP contribution in [-0.2, 0) is 11.4 Å². The van der Waals surface area contributed by atoms with Gasteiger partial charge in [-0.05, 0) is 26.1 Å². The van der Waals surface area contributed by atoms with E-state index in [9.17, 15) is 0 Å². The maximum atomic E-state index is 8.44. The zero-order valence-corrected chi connectivity index (χ0v) is 14.4. The fraction of sp³-hybridized carbons (Fsp3) is 0.750. The van der Waals surface area contributed by atoms with Crippen molar-refractivity contribution >= 4 is 28.7 Å². The van der Waals surface area contributed by atoms with Crippen molar-refractivity contribution in [3.05, 3.63) is 0 Å². The fourth-order valence-corrected chi connectivity index (χ4v) is 0. The molecule has 0 aromatic carbocycles. The van der Waals surface area contributed by atoms with Gasteiger partial charge >= 0.3 is 59.1 Å². The summed E-state index contributed by atoms with van der Waals surface area (Å²) in [6.45, 7) is 3.44. The largest absolute Gasteiger partial charge is 1.00 e. The zero-order chi connectivity index (χ0) is 10.7. The average Bonchev–Trinajstić information content (AvgIpc) is 1.54. The third-order valence-corrected chi connectivity index (χ3v) is 0. The molecule has 0 heterocycles. The second kappa shape index (κ2) is 24.1. The van der Waals surface area contributed by atoms with Crippen molar-refractivity contribution < 1.29 is 77.5 Å². The first-order valence-corrected chi connectivity index (χ1v) is 4.10. The van der Waals surface area contributed by atoms with E-state index in [0.29, 0.717) is 0 Å². The van der Waals surface area contributed by atoms with Gasteiger partial charge in [-0.25, -0.2) is 0 Å². The SMILES string of the molecule is CC(C)O.NC(N)=S.O=S([O-])[O-].[Na+].[Na+]. The topological polar surface area (TPSA) is 135 Å². The molecule has 10 heteroatoms. The van der Waals surface area contributed by atoms with Crippen LogP contribution in [0.1, 0.15) is 13.8 Å². The van der Waals surface area contributed by atoms with Crippen LogP contribution in [0.2, 0.25) is 0 Å². The summed E-state index contributed by atoms with van der Waals surface area (Å²) in [5.41, 5.74) is 9.24. The minimum Gasteiger partial charge on any atom is -0.784 e. The van der Waals surface area contributed by atoms with Gasteiger partial charge in [-0.2, -0.15) is 0 Å². The van der Waals surface area contributed by atoms with E-state index < -0.39 is 11.4 Å². The van der Waals surface area contributed by atoms with Gasteiger partial charge in [0, 0.05) is 6.10 Å². The monoisotopic (exact) mass is 262 g/mol. The molecule has 6 nitrogen and oxygen atoms in total. The summed E-state index contributed by atoms with van der Waals surface area (Å²) in [7, 11) is 0. The summed E-state index contributed by atoms with van der Waals surface area (Å²) in [6.07, 6.45) is -0.167. The molecule has 0 rings (SSSR count). The molecule has 0 aliphatic heterocycles. The Morgan fingerprint density at radius 2 is 1.36 bits per heavy atom. The molecule has 0 unspecified atom stereocenters. The molecule has 5 N–H and O–H groups in total. The van der Waals surface area contributed by atoms with Gasteiger partial charge in [0.15, 0.2) is 5.11 Å². The predicted molar refractivity (Wildman–Crippen MR) is 48.0 cm³/mol. The maximum Gasteiger partial charge on any atom is 1.00 e. The maximum absolute atomic E-state index is 8.44. The minimum atomic E-state index is -3.11. The second-order valence-corrected chi connectivity index (χ2v) is 2.58. The van der Waals surface area contributed by atoms with Crippen molar-refractivity contribution in [2.24, 2.45) is 11.5 Å². The fourth-order valence-electron chi connectivity index (χ4n) is 0. The number of nitrogens with two attached hydrogens (primary N) is 2. The molecule has 0 bridgehead atoms. The summed E-state index contributed by atoms with van der Waals surface area (Å²) in [5, 5.41) is 8.06. The molecule has 0 spiro atoms. The van der Waals surface area contributed by atoms with E-state index in [2.05, 4.69) is 23.7 Å². The van der Waals surface area contributed by atoms with Gasteiger partial charge in [-0.3, -0.25) is 4.21 Å². The number of rotatable bonds is 0. The standard InChI is InChI=1S/C3H8O.CH4N2S.2Na.H2O3S/c1-3(2)4;2-1(3)4;;;1-4(2)3/h3-4H,1-2H3;(H4,2,3,4);;;(H2,1,2,3)/q;;2*+1;/p-2. The molecule has 14 heavy (non-hydrogen) atoms. The number of thiocarbonyl (C=S) groups is 1. The zero-order valence-electron chi connectivity index (χ0n) is 8.72. The van der Waals surface area contributed by atoms with E-state index in [4.69, 9.17) is 18.4 Å². The predicted octanol–water partition coefficient (Wildman–Crippen LogP) is -7.42. The number of aliphatic hydroxyl groups excluding tert-OH is 1. The van der Waals surface area contributed by atoms with Gasteiger partial charge in [-0.1, -0.05) is 0 Å². The summed E-state index contributed by atoms with van der Waals surface area (Å²) < 4.78 is 25.3. The summed E-state index contributed by atoms with van der Waals surface area (Å²) >= 11 is 0.981. The molecule has 0 saturated carbocycles. The van der Waals surface area contributed by atoms with Crippen LogP contribution in [0, 0.1) is 0 Å². The van der Waals surface area contributed by atoms with Gasteiger partial charge in [-0.15, -0.1) is 11.4 Å². The van der Waals surface area contributed by atoms with Crippen LogP contribution in [0.15, 0.2) is 0 Å². The molecule has 0 aliphatic rings. The molecule has 0 radical (unpaired) electrons. The smallest absolute Gasteiger partial charge is 0.784 e. The Morgan fingerprint density at radius 1 is 1.36 bits per heavy atom. The van der Waals surface area contributed by atoms with E-state index in [1.807, 2.05) is 0 Å².